The predicted molar refractivity (Wildman–Crippen MR) is 116 cm³/mol. The third kappa shape index (κ3) is 5.80. The topological polar surface area (TPSA) is 66.9 Å². The number of amides is 1. The number of anilines is 1. The van der Waals surface area contributed by atoms with Crippen molar-refractivity contribution in [3.63, 3.8) is 0 Å². The van der Waals surface area contributed by atoms with E-state index in [0.29, 0.717) is 11.0 Å². The van der Waals surface area contributed by atoms with E-state index in [0.717, 1.165) is 37.2 Å². The smallest absolute Gasteiger partial charge is 0.410 e. The molecule has 0 aliphatic carbocycles. The number of carbonyl (C=O) groups is 1. The summed E-state index contributed by atoms with van der Waals surface area (Å²) in [5, 5.41) is 3.86. The zero-order valence-electron chi connectivity index (χ0n) is 16.7. The Morgan fingerprint density at radius 2 is 1.97 bits per heavy atom. The van der Waals surface area contributed by atoms with E-state index in [9.17, 15) is 4.79 Å². The summed E-state index contributed by atoms with van der Waals surface area (Å²) in [5.41, 5.74) is 1.80. The number of hydrogen-bond acceptors (Lipinski definition) is 5. The molecule has 2 heterocycles. The number of likely N-dealkylation sites (tertiary alicyclic amines) is 1. The highest BCUT2D eigenvalue weighted by molar-refractivity contribution is 7.80. The van der Waals surface area contributed by atoms with Gasteiger partial charge in [-0.25, -0.2) is 9.78 Å². The van der Waals surface area contributed by atoms with E-state index in [1.807, 2.05) is 36.4 Å². The minimum atomic E-state index is -0.294. The summed E-state index contributed by atoms with van der Waals surface area (Å²) >= 11 is 5.52. The van der Waals surface area contributed by atoms with Crippen LogP contribution in [0.2, 0.25) is 0 Å². The van der Waals surface area contributed by atoms with Crippen molar-refractivity contribution in [2.75, 3.05) is 32.6 Å². The molecule has 3 rings (SSSR count). The highest BCUT2D eigenvalue weighted by Gasteiger charge is 2.27. The predicted octanol–water partition coefficient (Wildman–Crippen LogP) is 3.52. The van der Waals surface area contributed by atoms with Gasteiger partial charge in [0.05, 0.1) is 19.0 Å². The Hall–Kier alpha value is -2.87. The molecule has 1 aliphatic rings. The van der Waals surface area contributed by atoms with E-state index < -0.39 is 0 Å². The number of piperidine rings is 1. The molecular weight excluding hydrogens is 388 g/mol. The number of thiocarbonyl (C=S) groups is 1. The minimum Gasteiger partial charge on any atom is -0.481 e. The van der Waals surface area contributed by atoms with Gasteiger partial charge in [0.25, 0.3) is 0 Å². The summed E-state index contributed by atoms with van der Waals surface area (Å²) in [4.78, 5) is 20.3. The first kappa shape index (κ1) is 20.9. The molecule has 0 unspecified atom stereocenters. The number of pyridine rings is 1. The number of methoxy groups -OCH3 is 1. The molecule has 0 atom stereocenters. The van der Waals surface area contributed by atoms with Crippen molar-refractivity contribution >= 4 is 29.1 Å². The minimum absolute atomic E-state index is 0.139. The number of nitrogens with zero attached hydrogens (tertiary/aromatic N) is 3. The monoisotopic (exact) mass is 414 g/mol. The summed E-state index contributed by atoms with van der Waals surface area (Å²) < 4.78 is 10.5. The van der Waals surface area contributed by atoms with Gasteiger partial charge in [0, 0.05) is 32.2 Å². The maximum absolute atomic E-state index is 12.4. The largest absolute Gasteiger partial charge is 0.481 e. The molecule has 1 aromatic carbocycles. The average molecular weight is 415 g/mol. The molecule has 1 aromatic heterocycles. The molecule has 7 nitrogen and oxygen atoms in total. The SMILES string of the molecule is COc1ccc(NC(=S)N2CCC(N(C)C(=O)OCc3ccccc3)CC2)cn1. The molecule has 1 amide bonds. The standard InChI is InChI=1S/C21H26N4O3S/c1-24(21(26)28-15-16-6-4-3-5-7-16)18-10-12-25(13-11-18)20(29)23-17-8-9-19(27-2)22-14-17/h3-9,14,18H,10-13,15H2,1-2H3,(H,23,29). The zero-order valence-corrected chi connectivity index (χ0v) is 17.5. The van der Waals surface area contributed by atoms with Crippen LogP contribution in [0.15, 0.2) is 48.7 Å². The van der Waals surface area contributed by atoms with Crippen molar-refractivity contribution < 1.29 is 14.3 Å². The van der Waals surface area contributed by atoms with Crippen LogP contribution < -0.4 is 10.1 Å². The molecule has 1 aliphatic heterocycles. The number of carbonyl (C=O) groups excluding carboxylic acids is 1. The molecule has 8 heteroatoms. The fraction of sp³-hybridized carbons (Fsp3) is 0.381. The summed E-state index contributed by atoms with van der Waals surface area (Å²) in [7, 11) is 3.38. The molecule has 1 saturated heterocycles. The van der Waals surface area contributed by atoms with Crippen molar-refractivity contribution in [1.29, 1.82) is 0 Å². The molecule has 2 aromatic rings. The Labute approximate surface area is 176 Å². The lowest BCUT2D eigenvalue weighted by Crippen LogP contribution is -2.48. The third-order valence-corrected chi connectivity index (χ3v) is 5.35. The quantitative estimate of drug-likeness (QED) is 0.751. The van der Waals surface area contributed by atoms with Gasteiger partial charge >= 0.3 is 6.09 Å². The van der Waals surface area contributed by atoms with Crippen LogP contribution in [0.25, 0.3) is 0 Å². The molecule has 154 valence electrons. The Morgan fingerprint density at radius 3 is 2.59 bits per heavy atom. The van der Waals surface area contributed by atoms with Crippen LogP contribution in [-0.4, -0.2) is 59.3 Å². The first-order valence-corrected chi connectivity index (χ1v) is 9.97. The third-order valence-electron chi connectivity index (χ3n) is 4.99. The van der Waals surface area contributed by atoms with Crippen molar-refractivity contribution in [2.45, 2.75) is 25.5 Å². The number of ether oxygens (including phenoxy) is 2. The Kier molecular flexibility index (Phi) is 7.24. The molecule has 29 heavy (non-hydrogen) atoms. The highest BCUT2D eigenvalue weighted by atomic mass is 32.1. The normalized spacial score (nSPS) is 14.2. The van der Waals surface area contributed by atoms with Crippen molar-refractivity contribution in [3.05, 3.63) is 54.2 Å². The second-order valence-corrected chi connectivity index (χ2v) is 7.28. The van der Waals surface area contributed by atoms with Crippen LogP contribution in [0.1, 0.15) is 18.4 Å². The van der Waals surface area contributed by atoms with E-state index >= 15 is 0 Å². The maximum atomic E-state index is 12.4. The number of rotatable bonds is 5. The van der Waals surface area contributed by atoms with E-state index in [-0.39, 0.29) is 18.7 Å². The van der Waals surface area contributed by atoms with E-state index in [2.05, 4.69) is 15.2 Å². The Bertz CT molecular complexity index is 808. The van der Waals surface area contributed by atoms with Crippen LogP contribution in [-0.2, 0) is 11.3 Å². The summed E-state index contributed by atoms with van der Waals surface area (Å²) in [6.45, 7) is 1.83. The van der Waals surface area contributed by atoms with Gasteiger partial charge < -0.3 is 24.6 Å². The van der Waals surface area contributed by atoms with Crippen molar-refractivity contribution in [1.82, 2.24) is 14.8 Å². The molecule has 0 spiro atoms. The summed E-state index contributed by atoms with van der Waals surface area (Å²) in [5.74, 6) is 0.560. The van der Waals surface area contributed by atoms with Gasteiger partial charge in [-0.15, -0.1) is 0 Å². The van der Waals surface area contributed by atoms with Crippen molar-refractivity contribution in [3.8, 4) is 5.88 Å². The number of aromatic nitrogens is 1. The first-order chi connectivity index (χ1) is 14.1. The molecule has 0 bridgehead atoms. The highest BCUT2D eigenvalue weighted by Crippen LogP contribution is 2.18. The van der Waals surface area contributed by atoms with Gasteiger partial charge in [0.2, 0.25) is 5.88 Å². The van der Waals surface area contributed by atoms with Gasteiger partial charge in [-0.2, -0.15) is 0 Å². The van der Waals surface area contributed by atoms with Crippen LogP contribution in [0, 0.1) is 0 Å². The fourth-order valence-electron chi connectivity index (χ4n) is 3.20. The second kappa shape index (κ2) is 10.1. The first-order valence-electron chi connectivity index (χ1n) is 9.56. The molecule has 0 radical (unpaired) electrons. The second-order valence-electron chi connectivity index (χ2n) is 6.89. The summed E-state index contributed by atoms with van der Waals surface area (Å²) in [6.07, 6.45) is 3.06. The summed E-state index contributed by atoms with van der Waals surface area (Å²) in [6, 6.07) is 13.5. The lowest BCUT2D eigenvalue weighted by atomic mass is 10.0. The maximum Gasteiger partial charge on any atom is 0.410 e. The van der Waals surface area contributed by atoms with Gasteiger partial charge in [-0.3, -0.25) is 0 Å². The van der Waals surface area contributed by atoms with Crippen LogP contribution in [0.4, 0.5) is 10.5 Å². The Balaban J connectivity index is 1.43. The molecule has 1 fully saturated rings. The average Bonchev–Trinajstić information content (AvgIpc) is 2.78. The van der Waals surface area contributed by atoms with Crippen molar-refractivity contribution in [2.24, 2.45) is 0 Å². The molecular formula is C21H26N4O3S. The zero-order chi connectivity index (χ0) is 20.6. The molecule has 1 N–H and O–H groups in total. The lowest BCUT2D eigenvalue weighted by molar-refractivity contribution is 0.0797. The van der Waals surface area contributed by atoms with Gasteiger partial charge in [-0.1, -0.05) is 30.3 Å². The van der Waals surface area contributed by atoms with E-state index in [1.165, 1.54) is 0 Å². The fourth-order valence-corrected chi connectivity index (χ4v) is 3.50. The van der Waals surface area contributed by atoms with E-state index in [4.69, 9.17) is 21.7 Å². The number of benzene rings is 1. The number of nitrogens with one attached hydrogen (secondary N) is 1. The van der Waals surface area contributed by atoms with Gasteiger partial charge in [-0.05, 0) is 36.7 Å². The lowest BCUT2D eigenvalue weighted by Gasteiger charge is -2.37. The van der Waals surface area contributed by atoms with Crippen LogP contribution in [0.5, 0.6) is 5.88 Å². The molecule has 0 saturated carbocycles. The van der Waals surface area contributed by atoms with Crippen LogP contribution >= 0.6 is 12.2 Å². The van der Waals surface area contributed by atoms with Crippen LogP contribution in [0.3, 0.4) is 0 Å². The van der Waals surface area contributed by atoms with Gasteiger partial charge in [0.1, 0.15) is 6.61 Å². The van der Waals surface area contributed by atoms with Gasteiger partial charge in [0.15, 0.2) is 5.11 Å². The van der Waals surface area contributed by atoms with E-state index in [1.54, 1.807) is 31.3 Å². The Morgan fingerprint density at radius 1 is 1.24 bits per heavy atom. The number of hydrogen-bond donors (Lipinski definition) is 1.